The van der Waals surface area contributed by atoms with E-state index in [-0.39, 0.29) is 18.3 Å². The van der Waals surface area contributed by atoms with E-state index in [1.54, 1.807) is 44.4 Å². The molecule has 1 aromatic heterocycles. The number of carbonyl (C=O) groups excluding carboxylic acids is 1. The van der Waals surface area contributed by atoms with Crippen LogP contribution in [0.4, 0.5) is 5.13 Å². The number of aromatic nitrogens is 1. The molecule has 0 aliphatic rings. The number of amides is 1. The summed E-state index contributed by atoms with van der Waals surface area (Å²) in [6.45, 7) is 7.35. The average molecular weight is 480 g/mol. The third-order valence-electron chi connectivity index (χ3n) is 5.19. The Morgan fingerprint density at radius 2 is 1.53 bits per heavy atom. The van der Waals surface area contributed by atoms with Gasteiger partial charge >= 0.3 is 0 Å². The van der Waals surface area contributed by atoms with Crippen LogP contribution in [0, 0.1) is 0 Å². The first-order valence-electron chi connectivity index (χ1n) is 10.2. The number of nitrogens with zero attached hydrogens (tertiary/aromatic N) is 3. The zero-order chi connectivity index (χ0) is 22.4. The van der Waals surface area contributed by atoms with Gasteiger partial charge in [-0.05, 0) is 43.4 Å². The standard InChI is InChI=1S/C23H29N3O4S.ClH/c1-6-25(7-2)10-11-26(22(27)16-12-18(29-4)14-19(13-16)30-5)23-24-20-9-8-17(28-3)15-21(20)31-23;/h8-9,12-15H,6-7,10-11H2,1-5H3;1H. The summed E-state index contributed by atoms with van der Waals surface area (Å²) in [5.41, 5.74) is 1.33. The quantitative estimate of drug-likeness (QED) is 0.418. The van der Waals surface area contributed by atoms with Crippen molar-refractivity contribution >= 4 is 45.0 Å². The molecule has 0 fully saturated rings. The number of hydrogen-bond acceptors (Lipinski definition) is 7. The number of thiazole rings is 1. The minimum Gasteiger partial charge on any atom is -0.497 e. The Morgan fingerprint density at radius 1 is 0.906 bits per heavy atom. The van der Waals surface area contributed by atoms with Crippen LogP contribution in [0.1, 0.15) is 24.2 Å². The number of rotatable bonds is 10. The van der Waals surface area contributed by atoms with Crippen molar-refractivity contribution in [2.75, 3.05) is 52.4 Å². The van der Waals surface area contributed by atoms with Gasteiger partial charge in [0.05, 0.1) is 31.5 Å². The van der Waals surface area contributed by atoms with Gasteiger partial charge in [-0.2, -0.15) is 0 Å². The van der Waals surface area contributed by atoms with E-state index < -0.39 is 0 Å². The maximum atomic E-state index is 13.6. The number of halogens is 1. The zero-order valence-electron chi connectivity index (χ0n) is 19.1. The van der Waals surface area contributed by atoms with Crippen LogP contribution in [-0.4, -0.2) is 63.3 Å². The predicted octanol–water partition coefficient (Wildman–Crippen LogP) is 4.73. The van der Waals surface area contributed by atoms with Gasteiger partial charge in [0.25, 0.3) is 5.91 Å². The van der Waals surface area contributed by atoms with Crippen molar-refractivity contribution in [3.05, 3.63) is 42.0 Å². The number of benzene rings is 2. The molecule has 1 amide bonds. The van der Waals surface area contributed by atoms with Gasteiger partial charge in [0.15, 0.2) is 5.13 Å². The predicted molar refractivity (Wildman–Crippen MR) is 132 cm³/mol. The molecule has 0 saturated carbocycles. The molecule has 0 aliphatic heterocycles. The molecule has 0 radical (unpaired) electrons. The SMILES string of the molecule is CCN(CC)CCN(C(=O)c1cc(OC)cc(OC)c1)c1nc2ccc(OC)cc2s1.Cl. The number of likely N-dealkylation sites (N-methyl/N-ethyl adjacent to an activating group) is 1. The molecule has 1 heterocycles. The second-order valence-corrected chi connectivity index (χ2v) is 7.92. The molecule has 0 bridgehead atoms. The van der Waals surface area contributed by atoms with Crippen LogP contribution >= 0.6 is 23.7 Å². The molecule has 7 nitrogen and oxygen atoms in total. The molecule has 32 heavy (non-hydrogen) atoms. The van der Waals surface area contributed by atoms with Gasteiger partial charge in [0, 0.05) is 24.7 Å². The summed E-state index contributed by atoms with van der Waals surface area (Å²) in [7, 11) is 4.78. The number of anilines is 1. The van der Waals surface area contributed by atoms with E-state index in [1.807, 2.05) is 18.2 Å². The highest BCUT2D eigenvalue weighted by Gasteiger charge is 2.23. The van der Waals surface area contributed by atoms with Crippen LogP contribution in [0.15, 0.2) is 36.4 Å². The maximum absolute atomic E-state index is 13.6. The van der Waals surface area contributed by atoms with Crippen molar-refractivity contribution in [3.63, 3.8) is 0 Å². The summed E-state index contributed by atoms with van der Waals surface area (Å²) in [6, 6.07) is 10.9. The smallest absolute Gasteiger partial charge is 0.260 e. The Labute approximate surface area is 199 Å². The fourth-order valence-electron chi connectivity index (χ4n) is 3.29. The Hall–Kier alpha value is -2.55. The van der Waals surface area contributed by atoms with Gasteiger partial charge in [-0.15, -0.1) is 12.4 Å². The summed E-state index contributed by atoms with van der Waals surface area (Å²) in [6.07, 6.45) is 0. The Morgan fingerprint density at radius 3 is 2.09 bits per heavy atom. The summed E-state index contributed by atoms with van der Waals surface area (Å²) < 4.78 is 17.0. The molecular formula is C23H30ClN3O4S. The molecule has 0 aliphatic carbocycles. The Bertz CT molecular complexity index is 1020. The van der Waals surface area contributed by atoms with Crippen LogP contribution in [0.5, 0.6) is 17.2 Å². The molecule has 9 heteroatoms. The third-order valence-corrected chi connectivity index (χ3v) is 6.23. The lowest BCUT2D eigenvalue weighted by molar-refractivity contribution is 0.0983. The number of methoxy groups -OCH3 is 3. The van der Waals surface area contributed by atoms with Crippen LogP contribution in [0.3, 0.4) is 0 Å². The van der Waals surface area contributed by atoms with Crippen molar-refractivity contribution in [1.29, 1.82) is 0 Å². The third kappa shape index (κ3) is 5.82. The van der Waals surface area contributed by atoms with Crippen molar-refractivity contribution < 1.29 is 19.0 Å². The van der Waals surface area contributed by atoms with Gasteiger partial charge in [-0.3, -0.25) is 9.69 Å². The number of carbonyl (C=O) groups is 1. The van der Waals surface area contributed by atoms with Crippen molar-refractivity contribution in [3.8, 4) is 17.2 Å². The van der Waals surface area contributed by atoms with E-state index in [2.05, 4.69) is 18.7 Å². The van der Waals surface area contributed by atoms with Crippen LogP contribution < -0.4 is 19.1 Å². The minimum atomic E-state index is -0.143. The first-order chi connectivity index (χ1) is 15.0. The summed E-state index contributed by atoms with van der Waals surface area (Å²) >= 11 is 1.48. The lowest BCUT2D eigenvalue weighted by Crippen LogP contribution is -2.38. The van der Waals surface area contributed by atoms with Gasteiger partial charge < -0.3 is 19.1 Å². The van der Waals surface area contributed by atoms with Crippen LogP contribution in [0.25, 0.3) is 10.2 Å². The van der Waals surface area contributed by atoms with Gasteiger partial charge in [0.2, 0.25) is 0 Å². The molecule has 3 aromatic rings. The highest BCUT2D eigenvalue weighted by atomic mass is 35.5. The van der Waals surface area contributed by atoms with Crippen LogP contribution in [0.2, 0.25) is 0 Å². The Balaban J connectivity index is 0.00000363. The molecule has 0 spiro atoms. The van der Waals surface area contributed by atoms with E-state index in [1.165, 1.54) is 11.3 Å². The average Bonchev–Trinajstić information content (AvgIpc) is 3.23. The number of hydrogen-bond donors (Lipinski definition) is 0. The fraction of sp³-hybridized carbons (Fsp3) is 0.391. The minimum absolute atomic E-state index is 0. The highest BCUT2D eigenvalue weighted by Crippen LogP contribution is 2.33. The molecule has 0 atom stereocenters. The fourth-order valence-corrected chi connectivity index (χ4v) is 4.31. The second kappa shape index (κ2) is 11.9. The zero-order valence-corrected chi connectivity index (χ0v) is 20.7. The maximum Gasteiger partial charge on any atom is 0.260 e. The van der Waals surface area contributed by atoms with E-state index in [4.69, 9.17) is 19.2 Å². The van der Waals surface area contributed by atoms with E-state index in [9.17, 15) is 4.79 Å². The topological polar surface area (TPSA) is 64.1 Å². The lowest BCUT2D eigenvalue weighted by atomic mass is 10.1. The first kappa shape index (κ1) is 25.7. The first-order valence-corrected chi connectivity index (χ1v) is 11.1. The van der Waals surface area contributed by atoms with E-state index >= 15 is 0 Å². The molecule has 0 N–H and O–H groups in total. The molecule has 174 valence electrons. The van der Waals surface area contributed by atoms with Crippen molar-refractivity contribution in [1.82, 2.24) is 9.88 Å². The molecular weight excluding hydrogens is 450 g/mol. The normalized spacial score (nSPS) is 10.7. The van der Waals surface area contributed by atoms with E-state index in [0.29, 0.717) is 28.7 Å². The van der Waals surface area contributed by atoms with Gasteiger partial charge in [0.1, 0.15) is 17.2 Å². The largest absolute Gasteiger partial charge is 0.497 e. The lowest BCUT2D eigenvalue weighted by Gasteiger charge is -2.25. The molecule has 3 rings (SSSR count). The van der Waals surface area contributed by atoms with Gasteiger partial charge in [-0.1, -0.05) is 25.2 Å². The van der Waals surface area contributed by atoms with Gasteiger partial charge in [-0.25, -0.2) is 4.98 Å². The van der Waals surface area contributed by atoms with E-state index in [0.717, 1.165) is 35.6 Å². The monoisotopic (exact) mass is 479 g/mol. The summed E-state index contributed by atoms with van der Waals surface area (Å²) in [4.78, 5) is 22.4. The molecule has 2 aromatic carbocycles. The Kier molecular flexibility index (Phi) is 9.56. The summed E-state index contributed by atoms with van der Waals surface area (Å²) in [5.74, 6) is 1.76. The number of ether oxygens (including phenoxy) is 3. The highest BCUT2D eigenvalue weighted by molar-refractivity contribution is 7.22. The molecule has 0 saturated heterocycles. The second-order valence-electron chi connectivity index (χ2n) is 6.92. The van der Waals surface area contributed by atoms with Crippen molar-refractivity contribution in [2.24, 2.45) is 0 Å². The summed E-state index contributed by atoms with van der Waals surface area (Å²) in [5, 5.41) is 0.655. The molecule has 0 unspecified atom stereocenters. The van der Waals surface area contributed by atoms with Crippen molar-refractivity contribution in [2.45, 2.75) is 13.8 Å². The number of fused-ring (bicyclic) bond motifs is 1. The van der Waals surface area contributed by atoms with Crippen LogP contribution in [-0.2, 0) is 0 Å².